The average molecular weight is 392 g/mol. The van der Waals surface area contributed by atoms with Crippen LogP contribution in [0.1, 0.15) is 5.69 Å². The number of benzene rings is 1. The molecule has 0 saturated carbocycles. The van der Waals surface area contributed by atoms with Gasteiger partial charge in [-0.15, -0.1) is 11.3 Å². The SMILES string of the molecule is COc1ccc(-c2nc(CC(=O)N3CCOCC3C(=O)O)cs2)cc1OC. The van der Waals surface area contributed by atoms with Crippen LogP contribution in [0.25, 0.3) is 10.6 Å². The highest BCUT2D eigenvalue weighted by Crippen LogP contribution is 2.33. The molecule has 9 heteroatoms. The molecule has 1 unspecified atom stereocenters. The second-order valence-electron chi connectivity index (χ2n) is 5.91. The number of aromatic nitrogens is 1. The van der Waals surface area contributed by atoms with Crippen molar-refractivity contribution in [3.05, 3.63) is 29.3 Å². The molecule has 1 fully saturated rings. The Morgan fingerprint density at radius 3 is 2.81 bits per heavy atom. The molecule has 0 bridgehead atoms. The lowest BCUT2D eigenvalue weighted by atomic mass is 10.2. The smallest absolute Gasteiger partial charge is 0.328 e. The Labute approximate surface area is 160 Å². The zero-order chi connectivity index (χ0) is 19.4. The van der Waals surface area contributed by atoms with Crippen LogP contribution < -0.4 is 9.47 Å². The van der Waals surface area contributed by atoms with E-state index < -0.39 is 12.0 Å². The summed E-state index contributed by atoms with van der Waals surface area (Å²) in [5.74, 6) is -0.108. The van der Waals surface area contributed by atoms with Crippen molar-refractivity contribution in [1.29, 1.82) is 0 Å². The van der Waals surface area contributed by atoms with E-state index in [-0.39, 0.29) is 25.5 Å². The first-order chi connectivity index (χ1) is 13.0. The van der Waals surface area contributed by atoms with E-state index in [1.54, 1.807) is 25.7 Å². The van der Waals surface area contributed by atoms with Crippen LogP contribution in [0.5, 0.6) is 11.5 Å². The van der Waals surface area contributed by atoms with Crippen LogP contribution in [0.2, 0.25) is 0 Å². The lowest BCUT2D eigenvalue weighted by Gasteiger charge is -2.32. The van der Waals surface area contributed by atoms with Gasteiger partial charge in [-0.05, 0) is 18.2 Å². The van der Waals surface area contributed by atoms with Crippen LogP contribution in [0.3, 0.4) is 0 Å². The van der Waals surface area contributed by atoms with E-state index in [9.17, 15) is 14.7 Å². The molecule has 0 aliphatic carbocycles. The molecular formula is C18H20N2O6S. The van der Waals surface area contributed by atoms with E-state index in [0.29, 0.717) is 23.8 Å². The van der Waals surface area contributed by atoms with Crippen LogP contribution >= 0.6 is 11.3 Å². The third-order valence-electron chi connectivity index (χ3n) is 4.25. The molecule has 0 spiro atoms. The minimum atomic E-state index is -1.06. The summed E-state index contributed by atoms with van der Waals surface area (Å²) >= 11 is 1.41. The van der Waals surface area contributed by atoms with Crippen molar-refractivity contribution in [2.75, 3.05) is 34.0 Å². The third kappa shape index (κ3) is 4.20. The molecule has 2 aromatic rings. The van der Waals surface area contributed by atoms with Gasteiger partial charge < -0.3 is 24.2 Å². The molecule has 1 aliphatic heterocycles. The predicted octanol–water partition coefficient (Wildman–Crippen LogP) is 1.68. The normalized spacial score (nSPS) is 16.8. The van der Waals surface area contributed by atoms with E-state index in [1.807, 2.05) is 12.1 Å². The van der Waals surface area contributed by atoms with Crippen LogP contribution in [-0.2, 0) is 20.7 Å². The van der Waals surface area contributed by atoms with Gasteiger partial charge in [-0.1, -0.05) is 0 Å². The number of morpholine rings is 1. The van der Waals surface area contributed by atoms with Gasteiger partial charge in [0.2, 0.25) is 5.91 Å². The van der Waals surface area contributed by atoms with E-state index in [4.69, 9.17) is 14.2 Å². The quantitative estimate of drug-likeness (QED) is 0.799. The molecule has 1 aliphatic rings. The summed E-state index contributed by atoms with van der Waals surface area (Å²) in [6, 6.07) is 4.54. The highest BCUT2D eigenvalue weighted by Gasteiger charge is 2.32. The van der Waals surface area contributed by atoms with Crippen molar-refractivity contribution in [3.8, 4) is 22.1 Å². The van der Waals surface area contributed by atoms with E-state index in [2.05, 4.69) is 4.98 Å². The van der Waals surface area contributed by atoms with Crippen molar-refractivity contribution in [1.82, 2.24) is 9.88 Å². The topological polar surface area (TPSA) is 98.2 Å². The molecule has 8 nitrogen and oxygen atoms in total. The number of rotatable bonds is 6. The second-order valence-corrected chi connectivity index (χ2v) is 6.76. The van der Waals surface area contributed by atoms with Gasteiger partial charge in [0.1, 0.15) is 5.01 Å². The van der Waals surface area contributed by atoms with Gasteiger partial charge in [0, 0.05) is 17.5 Å². The summed E-state index contributed by atoms with van der Waals surface area (Å²) in [6.45, 7) is 0.612. The Kier molecular flexibility index (Phi) is 5.92. The molecule has 0 radical (unpaired) electrons. The van der Waals surface area contributed by atoms with Gasteiger partial charge >= 0.3 is 5.97 Å². The highest BCUT2D eigenvalue weighted by molar-refractivity contribution is 7.13. The minimum absolute atomic E-state index is 0.00896. The first-order valence-electron chi connectivity index (χ1n) is 8.30. The van der Waals surface area contributed by atoms with E-state index >= 15 is 0 Å². The zero-order valence-corrected chi connectivity index (χ0v) is 15.8. The summed E-state index contributed by atoms with van der Waals surface area (Å²) < 4.78 is 15.7. The second kappa shape index (κ2) is 8.36. The van der Waals surface area contributed by atoms with Crippen LogP contribution in [0.15, 0.2) is 23.6 Å². The maximum atomic E-state index is 12.5. The van der Waals surface area contributed by atoms with Crippen molar-refractivity contribution < 1.29 is 28.9 Å². The number of carbonyl (C=O) groups excluding carboxylic acids is 1. The minimum Gasteiger partial charge on any atom is -0.493 e. The number of hydrogen-bond donors (Lipinski definition) is 1. The molecule has 1 saturated heterocycles. The summed E-state index contributed by atoms with van der Waals surface area (Å²) in [5.41, 5.74) is 1.46. The van der Waals surface area contributed by atoms with Gasteiger partial charge in [0.15, 0.2) is 17.5 Å². The van der Waals surface area contributed by atoms with Crippen LogP contribution in [0.4, 0.5) is 0 Å². The predicted molar refractivity (Wildman–Crippen MR) is 98.3 cm³/mol. The van der Waals surface area contributed by atoms with Gasteiger partial charge in [-0.2, -0.15) is 0 Å². The molecule has 1 aromatic heterocycles. The van der Waals surface area contributed by atoms with E-state index in [0.717, 1.165) is 10.6 Å². The number of aliphatic carboxylic acids is 1. The van der Waals surface area contributed by atoms with Crippen molar-refractivity contribution in [2.45, 2.75) is 12.5 Å². The molecular weight excluding hydrogens is 372 g/mol. The molecule has 1 N–H and O–H groups in total. The van der Waals surface area contributed by atoms with Crippen molar-refractivity contribution in [3.63, 3.8) is 0 Å². The molecule has 3 rings (SSSR count). The Morgan fingerprint density at radius 1 is 1.33 bits per heavy atom. The van der Waals surface area contributed by atoms with Crippen molar-refractivity contribution in [2.24, 2.45) is 0 Å². The number of thiazole rings is 1. The van der Waals surface area contributed by atoms with E-state index in [1.165, 1.54) is 16.2 Å². The first-order valence-corrected chi connectivity index (χ1v) is 9.18. The molecule has 144 valence electrons. The lowest BCUT2D eigenvalue weighted by Crippen LogP contribution is -2.53. The summed E-state index contributed by atoms with van der Waals surface area (Å²) in [5, 5.41) is 11.8. The number of ether oxygens (including phenoxy) is 3. The van der Waals surface area contributed by atoms with Crippen LogP contribution in [0, 0.1) is 0 Å². The molecule has 2 heterocycles. The molecule has 27 heavy (non-hydrogen) atoms. The molecule has 1 aromatic carbocycles. The fraction of sp³-hybridized carbons (Fsp3) is 0.389. The number of amides is 1. The number of carboxylic acid groups (broad SMARTS) is 1. The summed E-state index contributed by atoms with van der Waals surface area (Å²) in [6.07, 6.45) is 0.0492. The summed E-state index contributed by atoms with van der Waals surface area (Å²) in [4.78, 5) is 29.7. The average Bonchev–Trinajstić information content (AvgIpc) is 3.15. The Morgan fingerprint density at radius 2 is 2.11 bits per heavy atom. The standard InChI is InChI=1S/C18H20N2O6S/c1-24-14-4-3-11(7-15(14)25-2)17-19-12(10-27-17)8-16(21)20-5-6-26-9-13(20)18(22)23/h3-4,7,10,13H,5-6,8-9H2,1-2H3,(H,22,23). The van der Waals surface area contributed by atoms with Gasteiger partial charge in [-0.25, -0.2) is 9.78 Å². The number of carbonyl (C=O) groups is 2. The Hall–Kier alpha value is -2.65. The maximum absolute atomic E-state index is 12.5. The first kappa shape index (κ1) is 19.1. The van der Waals surface area contributed by atoms with Gasteiger partial charge in [0.25, 0.3) is 0 Å². The zero-order valence-electron chi connectivity index (χ0n) is 15.0. The number of hydrogen-bond acceptors (Lipinski definition) is 7. The fourth-order valence-corrected chi connectivity index (χ4v) is 3.67. The Bertz CT molecular complexity index is 837. The van der Waals surface area contributed by atoms with Crippen molar-refractivity contribution >= 4 is 23.2 Å². The van der Waals surface area contributed by atoms with Crippen LogP contribution in [-0.4, -0.2) is 66.9 Å². The monoisotopic (exact) mass is 392 g/mol. The molecule has 1 amide bonds. The largest absolute Gasteiger partial charge is 0.493 e. The van der Waals surface area contributed by atoms with Gasteiger partial charge in [-0.3, -0.25) is 4.79 Å². The Balaban J connectivity index is 1.74. The maximum Gasteiger partial charge on any atom is 0.328 e. The fourth-order valence-electron chi connectivity index (χ4n) is 2.85. The number of methoxy groups -OCH3 is 2. The lowest BCUT2D eigenvalue weighted by molar-refractivity contribution is -0.158. The third-order valence-corrected chi connectivity index (χ3v) is 5.19. The summed E-state index contributed by atoms with van der Waals surface area (Å²) in [7, 11) is 3.13. The molecule has 1 atom stereocenters. The number of carboxylic acids is 1. The highest BCUT2D eigenvalue weighted by atomic mass is 32.1. The number of nitrogens with zero attached hydrogens (tertiary/aromatic N) is 2. The van der Waals surface area contributed by atoms with Gasteiger partial charge in [0.05, 0.1) is 39.5 Å².